The van der Waals surface area contributed by atoms with Crippen molar-refractivity contribution in [2.75, 3.05) is 5.32 Å². The zero-order valence-electron chi connectivity index (χ0n) is 8.42. The summed E-state index contributed by atoms with van der Waals surface area (Å²) in [5.41, 5.74) is 3.31. The molecular formula is C11H12IN3. The predicted molar refractivity (Wildman–Crippen MR) is 69.8 cm³/mol. The molecule has 0 aliphatic rings. The van der Waals surface area contributed by atoms with Crippen LogP contribution in [0.15, 0.2) is 30.6 Å². The molecule has 0 bridgehead atoms. The Labute approximate surface area is 102 Å². The summed E-state index contributed by atoms with van der Waals surface area (Å²) in [4.78, 5) is 7.30. The molecule has 1 aromatic heterocycles. The molecule has 0 aliphatic carbocycles. The second-order valence-corrected chi connectivity index (χ2v) is 4.58. The topological polar surface area (TPSA) is 40.7 Å². The summed E-state index contributed by atoms with van der Waals surface area (Å²) in [5, 5.41) is 3.34. The van der Waals surface area contributed by atoms with Crippen LogP contribution in [0.2, 0.25) is 0 Å². The van der Waals surface area contributed by atoms with E-state index in [0.717, 1.165) is 23.6 Å². The van der Waals surface area contributed by atoms with Crippen molar-refractivity contribution < 1.29 is 0 Å². The molecule has 0 spiro atoms. The van der Waals surface area contributed by atoms with Crippen LogP contribution in [0.25, 0.3) is 0 Å². The maximum absolute atomic E-state index is 4.23. The van der Waals surface area contributed by atoms with Crippen molar-refractivity contribution in [2.45, 2.75) is 13.5 Å². The largest absolute Gasteiger partial charge is 0.379 e. The number of hydrogen-bond donors (Lipinski definition) is 2. The Morgan fingerprint density at radius 3 is 3.00 bits per heavy atom. The molecule has 0 saturated carbocycles. The molecule has 3 nitrogen and oxygen atoms in total. The fourth-order valence-electron chi connectivity index (χ4n) is 1.35. The fourth-order valence-corrected chi connectivity index (χ4v) is 1.89. The lowest BCUT2D eigenvalue weighted by molar-refractivity contribution is 1.05. The van der Waals surface area contributed by atoms with Gasteiger partial charge < -0.3 is 10.3 Å². The zero-order chi connectivity index (χ0) is 10.7. The van der Waals surface area contributed by atoms with Crippen molar-refractivity contribution in [3.63, 3.8) is 0 Å². The zero-order valence-corrected chi connectivity index (χ0v) is 10.6. The second kappa shape index (κ2) is 4.65. The van der Waals surface area contributed by atoms with Gasteiger partial charge >= 0.3 is 0 Å². The summed E-state index contributed by atoms with van der Waals surface area (Å²) < 4.78 is 1.23. The van der Waals surface area contributed by atoms with E-state index in [1.165, 1.54) is 3.57 Å². The summed E-state index contributed by atoms with van der Waals surface area (Å²) in [6, 6.07) is 8.29. The summed E-state index contributed by atoms with van der Waals surface area (Å²) in [5.74, 6) is 0. The van der Waals surface area contributed by atoms with Gasteiger partial charge in [-0.2, -0.15) is 0 Å². The smallest absolute Gasteiger partial charge is 0.0925 e. The first-order chi connectivity index (χ1) is 7.25. The molecule has 0 aliphatic heterocycles. The molecule has 4 heteroatoms. The van der Waals surface area contributed by atoms with Gasteiger partial charge in [-0.15, -0.1) is 0 Å². The SMILES string of the molecule is Cc1[nH]cnc1CNc1cccc(I)c1. The van der Waals surface area contributed by atoms with Crippen molar-refractivity contribution in [3.05, 3.63) is 45.6 Å². The average molecular weight is 313 g/mol. The highest BCUT2D eigenvalue weighted by atomic mass is 127. The van der Waals surface area contributed by atoms with E-state index < -0.39 is 0 Å². The lowest BCUT2D eigenvalue weighted by Crippen LogP contribution is -2.01. The Bertz CT molecular complexity index is 451. The molecule has 0 atom stereocenters. The van der Waals surface area contributed by atoms with Gasteiger partial charge in [-0.25, -0.2) is 4.98 Å². The Morgan fingerprint density at radius 1 is 1.47 bits per heavy atom. The number of aromatic amines is 1. The lowest BCUT2D eigenvalue weighted by Gasteiger charge is -2.05. The minimum Gasteiger partial charge on any atom is -0.379 e. The Hall–Kier alpha value is -1.04. The van der Waals surface area contributed by atoms with Crippen LogP contribution in [0.3, 0.4) is 0 Å². The van der Waals surface area contributed by atoms with Gasteiger partial charge in [0.2, 0.25) is 0 Å². The Balaban J connectivity index is 2.02. The van der Waals surface area contributed by atoms with Crippen molar-refractivity contribution in [1.29, 1.82) is 0 Å². The maximum atomic E-state index is 4.23. The van der Waals surface area contributed by atoms with Crippen molar-refractivity contribution >= 4 is 28.3 Å². The average Bonchev–Trinajstić information content (AvgIpc) is 2.61. The summed E-state index contributed by atoms with van der Waals surface area (Å²) in [6.45, 7) is 2.79. The van der Waals surface area contributed by atoms with Gasteiger partial charge in [-0.05, 0) is 47.7 Å². The normalized spacial score (nSPS) is 10.3. The summed E-state index contributed by atoms with van der Waals surface area (Å²) >= 11 is 2.30. The van der Waals surface area contributed by atoms with Gasteiger partial charge in [0.15, 0.2) is 0 Å². The number of halogens is 1. The van der Waals surface area contributed by atoms with E-state index in [-0.39, 0.29) is 0 Å². The number of H-pyrrole nitrogens is 1. The highest BCUT2D eigenvalue weighted by molar-refractivity contribution is 14.1. The van der Waals surface area contributed by atoms with Gasteiger partial charge in [-0.1, -0.05) is 6.07 Å². The number of anilines is 1. The Kier molecular flexibility index (Phi) is 3.25. The first kappa shape index (κ1) is 10.5. The Morgan fingerprint density at radius 2 is 2.33 bits per heavy atom. The molecule has 2 aromatic rings. The van der Waals surface area contributed by atoms with Gasteiger partial charge in [0.25, 0.3) is 0 Å². The molecule has 2 N–H and O–H groups in total. The van der Waals surface area contributed by atoms with Crippen LogP contribution in [-0.2, 0) is 6.54 Å². The first-order valence-corrected chi connectivity index (χ1v) is 5.82. The van der Waals surface area contributed by atoms with Crippen LogP contribution in [0.4, 0.5) is 5.69 Å². The highest BCUT2D eigenvalue weighted by Crippen LogP contribution is 2.13. The van der Waals surface area contributed by atoms with E-state index >= 15 is 0 Å². The minimum absolute atomic E-state index is 0.759. The molecular weight excluding hydrogens is 301 g/mol. The fraction of sp³-hybridized carbons (Fsp3) is 0.182. The first-order valence-electron chi connectivity index (χ1n) is 4.74. The van der Waals surface area contributed by atoms with Crippen LogP contribution >= 0.6 is 22.6 Å². The maximum Gasteiger partial charge on any atom is 0.0925 e. The van der Waals surface area contributed by atoms with Crippen LogP contribution in [-0.4, -0.2) is 9.97 Å². The lowest BCUT2D eigenvalue weighted by atomic mass is 10.3. The molecule has 0 amide bonds. The molecule has 78 valence electrons. The van der Waals surface area contributed by atoms with E-state index in [2.05, 4.69) is 56.1 Å². The number of benzene rings is 1. The molecule has 2 rings (SSSR count). The predicted octanol–water partition coefficient (Wildman–Crippen LogP) is 2.93. The molecule has 0 unspecified atom stereocenters. The van der Waals surface area contributed by atoms with Gasteiger partial charge in [0.1, 0.15) is 0 Å². The van der Waals surface area contributed by atoms with Crippen LogP contribution in [0.5, 0.6) is 0 Å². The highest BCUT2D eigenvalue weighted by Gasteiger charge is 2.00. The van der Waals surface area contributed by atoms with E-state index in [0.29, 0.717) is 0 Å². The van der Waals surface area contributed by atoms with Gasteiger partial charge in [-0.3, -0.25) is 0 Å². The van der Waals surface area contributed by atoms with Crippen LogP contribution in [0.1, 0.15) is 11.4 Å². The third kappa shape index (κ3) is 2.71. The number of nitrogens with one attached hydrogen (secondary N) is 2. The van der Waals surface area contributed by atoms with E-state index in [9.17, 15) is 0 Å². The third-order valence-corrected chi connectivity index (χ3v) is 2.89. The standard InChI is InChI=1S/C11H12IN3/c1-8-11(15-7-14-8)6-13-10-4-2-3-9(12)5-10/h2-5,7,13H,6H2,1H3,(H,14,15). The van der Waals surface area contributed by atoms with E-state index in [1.807, 2.05) is 13.0 Å². The number of aromatic nitrogens is 2. The van der Waals surface area contributed by atoms with E-state index in [4.69, 9.17) is 0 Å². The molecule has 0 radical (unpaired) electrons. The molecule has 0 fully saturated rings. The quantitative estimate of drug-likeness (QED) is 0.856. The van der Waals surface area contributed by atoms with Crippen molar-refractivity contribution in [2.24, 2.45) is 0 Å². The van der Waals surface area contributed by atoms with Gasteiger partial charge in [0, 0.05) is 15.0 Å². The second-order valence-electron chi connectivity index (χ2n) is 3.34. The number of hydrogen-bond acceptors (Lipinski definition) is 2. The van der Waals surface area contributed by atoms with E-state index in [1.54, 1.807) is 6.33 Å². The number of rotatable bonds is 3. The third-order valence-electron chi connectivity index (χ3n) is 2.22. The molecule has 0 saturated heterocycles. The molecule has 1 heterocycles. The number of aryl methyl sites for hydroxylation is 1. The van der Waals surface area contributed by atoms with Crippen molar-refractivity contribution in [3.8, 4) is 0 Å². The summed E-state index contributed by atoms with van der Waals surface area (Å²) in [6.07, 6.45) is 1.72. The monoisotopic (exact) mass is 313 g/mol. The van der Waals surface area contributed by atoms with Crippen molar-refractivity contribution in [1.82, 2.24) is 9.97 Å². The van der Waals surface area contributed by atoms with Crippen LogP contribution < -0.4 is 5.32 Å². The molecule has 1 aromatic carbocycles. The molecule has 15 heavy (non-hydrogen) atoms. The number of nitrogens with zero attached hydrogens (tertiary/aromatic N) is 1. The summed E-state index contributed by atoms with van der Waals surface area (Å²) in [7, 11) is 0. The van der Waals surface area contributed by atoms with Crippen LogP contribution in [0, 0.1) is 10.5 Å². The minimum atomic E-state index is 0.759. The number of imidazole rings is 1. The van der Waals surface area contributed by atoms with Gasteiger partial charge in [0.05, 0.1) is 18.6 Å².